The number of hydrogen-bond acceptors (Lipinski definition) is 3. The molecular formula is C19H20N2O2S. The normalized spacial score (nSPS) is 13.7. The van der Waals surface area contributed by atoms with E-state index in [1.54, 1.807) is 12.1 Å². The van der Waals surface area contributed by atoms with E-state index in [9.17, 15) is 4.79 Å². The molecule has 1 amide bonds. The van der Waals surface area contributed by atoms with Crippen LogP contribution in [0.25, 0.3) is 0 Å². The van der Waals surface area contributed by atoms with Gasteiger partial charge in [-0.05, 0) is 62.6 Å². The van der Waals surface area contributed by atoms with Crippen molar-refractivity contribution in [2.24, 2.45) is 0 Å². The van der Waals surface area contributed by atoms with Crippen molar-refractivity contribution in [3.63, 3.8) is 0 Å². The van der Waals surface area contributed by atoms with Gasteiger partial charge in [0.15, 0.2) is 4.99 Å². The Balaban J connectivity index is 1.54. The molecule has 0 saturated heterocycles. The van der Waals surface area contributed by atoms with Gasteiger partial charge in [-0.25, -0.2) is 0 Å². The molecule has 4 nitrogen and oxygen atoms in total. The summed E-state index contributed by atoms with van der Waals surface area (Å²) in [5, 5.41) is 5.88. The number of benzene rings is 2. The monoisotopic (exact) mass is 340 g/mol. The van der Waals surface area contributed by atoms with Gasteiger partial charge in [-0.1, -0.05) is 29.9 Å². The highest BCUT2D eigenvalue weighted by atomic mass is 32.1. The molecule has 1 aliphatic rings. The van der Waals surface area contributed by atoms with E-state index < -0.39 is 0 Å². The van der Waals surface area contributed by atoms with Crippen molar-refractivity contribution in [1.82, 2.24) is 5.32 Å². The smallest absolute Gasteiger partial charge is 0.283 e. The average molecular weight is 340 g/mol. The maximum atomic E-state index is 12.0. The molecular weight excluding hydrogens is 320 g/mol. The van der Waals surface area contributed by atoms with Crippen LogP contribution >= 0.6 is 12.2 Å². The molecule has 0 radical (unpaired) electrons. The first kappa shape index (κ1) is 16.5. The first-order chi connectivity index (χ1) is 11.6. The predicted molar refractivity (Wildman–Crippen MR) is 99.7 cm³/mol. The molecule has 0 spiro atoms. The third-order valence-electron chi connectivity index (χ3n) is 4.02. The topological polar surface area (TPSA) is 50.4 Å². The molecule has 0 atom stereocenters. The van der Waals surface area contributed by atoms with Crippen molar-refractivity contribution in [3.05, 3.63) is 54.1 Å². The largest absolute Gasteiger partial charge is 0.457 e. The van der Waals surface area contributed by atoms with Crippen molar-refractivity contribution in [2.45, 2.75) is 32.2 Å². The van der Waals surface area contributed by atoms with Crippen molar-refractivity contribution in [3.8, 4) is 11.5 Å². The van der Waals surface area contributed by atoms with Crippen LogP contribution in [-0.4, -0.2) is 16.9 Å². The van der Waals surface area contributed by atoms with Crippen LogP contribution in [0.5, 0.6) is 11.5 Å². The quantitative estimate of drug-likeness (QED) is 0.819. The summed E-state index contributed by atoms with van der Waals surface area (Å²) in [6.45, 7) is 2.03. The number of carbonyl (C=O) groups excluding carboxylic acids is 1. The standard InChI is InChI=1S/C19H20N2O2S/c1-13-5-9-16(10-6-13)23-17-11-7-15(8-12-17)20-18(22)19(24)21-14-3-2-4-14/h5-12,14H,2-4H2,1H3,(H,20,22)(H,21,24). The molecule has 1 fully saturated rings. The summed E-state index contributed by atoms with van der Waals surface area (Å²) in [7, 11) is 0. The fourth-order valence-electron chi connectivity index (χ4n) is 2.34. The minimum atomic E-state index is -0.274. The first-order valence-corrected chi connectivity index (χ1v) is 8.47. The number of rotatable bonds is 4. The summed E-state index contributed by atoms with van der Waals surface area (Å²) in [5.41, 5.74) is 1.88. The summed E-state index contributed by atoms with van der Waals surface area (Å²) >= 11 is 5.13. The van der Waals surface area contributed by atoms with Gasteiger partial charge in [0.25, 0.3) is 5.91 Å². The molecule has 2 N–H and O–H groups in total. The lowest BCUT2D eigenvalue weighted by Crippen LogP contribution is -2.43. The molecule has 0 aliphatic heterocycles. The van der Waals surface area contributed by atoms with E-state index in [2.05, 4.69) is 10.6 Å². The molecule has 1 aliphatic carbocycles. The van der Waals surface area contributed by atoms with Gasteiger partial charge in [-0.3, -0.25) is 4.79 Å². The van der Waals surface area contributed by atoms with Gasteiger partial charge in [0.1, 0.15) is 11.5 Å². The highest BCUT2D eigenvalue weighted by Crippen LogP contribution is 2.23. The zero-order chi connectivity index (χ0) is 16.9. The number of ether oxygens (including phenoxy) is 1. The Hall–Kier alpha value is -2.40. The molecule has 3 rings (SSSR count). The van der Waals surface area contributed by atoms with Gasteiger partial charge in [0.2, 0.25) is 0 Å². The minimum absolute atomic E-state index is 0.250. The maximum absolute atomic E-state index is 12.0. The Morgan fingerprint density at radius 2 is 1.62 bits per heavy atom. The van der Waals surface area contributed by atoms with Crippen LogP contribution in [-0.2, 0) is 4.79 Å². The molecule has 24 heavy (non-hydrogen) atoms. The number of amides is 1. The van der Waals surface area contributed by atoms with Gasteiger partial charge >= 0.3 is 0 Å². The second-order valence-corrected chi connectivity index (χ2v) is 6.40. The zero-order valence-corrected chi connectivity index (χ0v) is 14.4. The zero-order valence-electron chi connectivity index (χ0n) is 13.5. The molecule has 0 aromatic heterocycles. The second-order valence-electron chi connectivity index (χ2n) is 5.99. The van der Waals surface area contributed by atoms with E-state index in [-0.39, 0.29) is 10.9 Å². The molecule has 5 heteroatoms. The Morgan fingerprint density at radius 3 is 2.17 bits per heavy atom. The lowest BCUT2D eigenvalue weighted by Gasteiger charge is -2.27. The van der Waals surface area contributed by atoms with Crippen molar-refractivity contribution in [1.29, 1.82) is 0 Å². The van der Waals surface area contributed by atoms with Crippen LogP contribution in [0, 0.1) is 6.92 Å². The molecule has 0 bridgehead atoms. The lowest BCUT2D eigenvalue weighted by molar-refractivity contribution is -0.110. The number of carbonyl (C=O) groups is 1. The maximum Gasteiger partial charge on any atom is 0.283 e. The van der Waals surface area contributed by atoms with Gasteiger partial charge in [-0.2, -0.15) is 0 Å². The van der Waals surface area contributed by atoms with Crippen LogP contribution in [0.2, 0.25) is 0 Å². The highest BCUT2D eigenvalue weighted by Gasteiger charge is 2.20. The van der Waals surface area contributed by atoms with Crippen LogP contribution in [0.3, 0.4) is 0 Å². The van der Waals surface area contributed by atoms with Crippen LogP contribution in [0.1, 0.15) is 24.8 Å². The minimum Gasteiger partial charge on any atom is -0.457 e. The number of nitrogens with one attached hydrogen (secondary N) is 2. The number of anilines is 1. The molecule has 0 unspecified atom stereocenters. The Morgan fingerprint density at radius 1 is 1.04 bits per heavy atom. The highest BCUT2D eigenvalue weighted by molar-refractivity contribution is 7.82. The second kappa shape index (κ2) is 7.45. The fraction of sp³-hybridized carbons (Fsp3) is 0.263. The third kappa shape index (κ3) is 4.32. The first-order valence-electron chi connectivity index (χ1n) is 8.06. The molecule has 2 aromatic carbocycles. The Kier molecular flexibility index (Phi) is 5.11. The molecule has 0 heterocycles. The Bertz CT molecular complexity index is 722. The summed E-state index contributed by atoms with van der Waals surface area (Å²) in [4.78, 5) is 12.3. The van der Waals surface area contributed by atoms with E-state index >= 15 is 0 Å². The number of aryl methyl sites for hydroxylation is 1. The van der Waals surface area contributed by atoms with E-state index in [0.29, 0.717) is 17.5 Å². The lowest BCUT2D eigenvalue weighted by atomic mass is 9.93. The van der Waals surface area contributed by atoms with Gasteiger partial charge < -0.3 is 15.4 Å². The van der Waals surface area contributed by atoms with E-state index in [1.807, 2.05) is 43.3 Å². The van der Waals surface area contributed by atoms with Gasteiger partial charge in [-0.15, -0.1) is 0 Å². The summed E-state index contributed by atoms with van der Waals surface area (Å²) in [6.07, 6.45) is 3.36. The molecule has 2 aromatic rings. The van der Waals surface area contributed by atoms with Gasteiger partial charge in [0, 0.05) is 11.7 Å². The summed E-state index contributed by atoms with van der Waals surface area (Å²) in [5.74, 6) is 1.22. The van der Waals surface area contributed by atoms with E-state index in [4.69, 9.17) is 17.0 Å². The Labute approximate surface area is 147 Å². The van der Waals surface area contributed by atoms with E-state index in [0.717, 1.165) is 18.6 Å². The third-order valence-corrected chi connectivity index (χ3v) is 4.32. The van der Waals surface area contributed by atoms with Gasteiger partial charge in [0.05, 0.1) is 0 Å². The number of thiocarbonyl (C=S) groups is 1. The molecule has 1 saturated carbocycles. The SMILES string of the molecule is Cc1ccc(Oc2ccc(NC(=O)C(=S)NC3CCC3)cc2)cc1. The average Bonchev–Trinajstić information content (AvgIpc) is 2.54. The summed E-state index contributed by atoms with van der Waals surface area (Å²) in [6, 6.07) is 15.4. The van der Waals surface area contributed by atoms with Crippen molar-refractivity contribution >= 4 is 28.8 Å². The van der Waals surface area contributed by atoms with Crippen molar-refractivity contribution in [2.75, 3.05) is 5.32 Å². The number of hydrogen-bond donors (Lipinski definition) is 2. The van der Waals surface area contributed by atoms with Crippen LogP contribution in [0.4, 0.5) is 5.69 Å². The molecule has 124 valence electrons. The van der Waals surface area contributed by atoms with E-state index in [1.165, 1.54) is 12.0 Å². The summed E-state index contributed by atoms with van der Waals surface area (Å²) < 4.78 is 5.76. The van der Waals surface area contributed by atoms with Crippen LogP contribution < -0.4 is 15.4 Å². The fourth-order valence-corrected chi connectivity index (χ4v) is 2.56. The van der Waals surface area contributed by atoms with Crippen molar-refractivity contribution < 1.29 is 9.53 Å². The predicted octanol–water partition coefficient (Wildman–Crippen LogP) is 4.20. The van der Waals surface area contributed by atoms with Crippen LogP contribution in [0.15, 0.2) is 48.5 Å².